The number of H-pyrrole nitrogens is 1. The molecule has 4 rings (SSSR count). The molecule has 0 aliphatic rings. The van der Waals surface area contributed by atoms with Crippen LogP contribution in [0, 0.1) is 13.8 Å². The van der Waals surface area contributed by atoms with Crippen molar-refractivity contribution in [1.29, 1.82) is 0 Å². The molecular weight excluding hydrogens is 306 g/mol. The quantitative estimate of drug-likeness (QED) is 0.583. The van der Waals surface area contributed by atoms with Gasteiger partial charge in [0.15, 0.2) is 0 Å². The summed E-state index contributed by atoms with van der Waals surface area (Å²) in [6.07, 6.45) is 3.08. The molecule has 0 bridgehead atoms. The summed E-state index contributed by atoms with van der Waals surface area (Å²) < 4.78 is 1.81. The van der Waals surface area contributed by atoms with E-state index in [1.165, 1.54) is 16.5 Å². The van der Waals surface area contributed by atoms with Crippen LogP contribution in [0.3, 0.4) is 0 Å². The summed E-state index contributed by atoms with van der Waals surface area (Å²) in [5.74, 6) is 1.62. The van der Waals surface area contributed by atoms with Crippen molar-refractivity contribution in [3.63, 3.8) is 0 Å². The lowest BCUT2D eigenvalue weighted by molar-refractivity contribution is 0.843. The van der Waals surface area contributed by atoms with Gasteiger partial charge >= 0.3 is 0 Å². The van der Waals surface area contributed by atoms with E-state index in [0.717, 1.165) is 28.7 Å². The van der Waals surface area contributed by atoms with E-state index in [9.17, 15) is 0 Å². The summed E-state index contributed by atoms with van der Waals surface area (Å²) in [6, 6.07) is 10.4. The van der Waals surface area contributed by atoms with Gasteiger partial charge in [0.1, 0.15) is 0 Å². The minimum absolute atomic E-state index is 0.678. The van der Waals surface area contributed by atoms with Gasteiger partial charge in [0, 0.05) is 34.2 Å². The average molecular weight is 323 g/mol. The van der Waals surface area contributed by atoms with Gasteiger partial charge in [-0.25, -0.2) is 9.50 Å². The van der Waals surface area contributed by atoms with Crippen LogP contribution in [0.4, 0.5) is 0 Å². The highest BCUT2D eigenvalue weighted by atomic mass is 32.2. The Bertz CT molecular complexity index is 985. The van der Waals surface area contributed by atoms with Crippen LogP contribution in [0.5, 0.6) is 0 Å². The number of aromatic amines is 1. The topological polar surface area (TPSA) is 58.9 Å². The third-order valence-electron chi connectivity index (χ3n) is 3.88. The fraction of sp³-hybridized carbons (Fsp3) is 0.235. The highest BCUT2D eigenvalue weighted by Gasteiger charge is 2.09. The highest BCUT2D eigenvalue weighted by Crippen LogP contribution is 2.21. The van der Waals surface area contributed by atoms with E-state index >= 15 is 0 Å². The Balaban J connectivity index is 1.50. The van der Waals surface area contributed by atoms with Crippen molar-refractivity contribution in [2.75, 3.05) is 5.75 Å². The van der Waals surface area contributed by atoms with E-state index in [4.69, 9.17) is 0 Å². The molecule has 5 nitrogen and oxygen atoms in total. The molecule has 0 fully saturated rings. The predicted molar refractivity (Wildman–Crippen MR) is 93.0 cm³/mol. The van der Waals surface area contributed by atoms with Gasteiger partial charge in [-0.15, -0.1) is 5.10 Å². The third-order valence-corrected chi connectivity index (χ3v) is 4.72. The first-order valence-corrected chi connectivity index (χ1v) is 8.58. The second-order valence-electron chi connectivity index (χ2n) is 5.60. The van der Waals surface area contributed by atoms with Gasteiger partial charge < -0.3 is 4.98 Å². The zero-order valence-corrected chi connectivity index (χ0v) is 13.9. The van der Waals surface area contributed by atoms with Crippen LogP contribution < -0.4 is 0 Å². The molecule has 0 saturated heterocycles. The molecule has 1 N–H and O–H groups in total. The van der Waals surface area contributed by atoms with E-state index in [1.807, 2.05) is 19.9 Å². The number of aryl methyl sites for hydroxylation is 3. The Hall–Kier alpha value is -2.34. The fourth-order valence-corrected chi connectivity index (χ4v) is 3.59. The number of aromatic nitrogens is 5. The van der Waals surface area contributed by atoms with Crippen LogP contribution in [0.25, 0.3) is 16.7 Å². The smallest absolute Gasteiger partial charge is 0.253 e. The SMILES string of the molecule is Cc1cc(C)n2nc(SCCc3c[nH]c4ccccc34)nc2n1. The van der Waals surface area contributed by atoms with Crippen LogP contribution in [-0.4, -0.2) is 30.3 Å². The molecular formula is C17H17N5S. The van der Waals surface area contributed by atoms with E-state index in [0.29, 0.717) is 5.78 Å². The summed E-state index contributed by atoms with van der Waals surface area (Å²) in [6.45, 7) is 4.00. The van der Waals surface area contributed by atoms with Gasteiger partial charge in [-0.3, -0.25) is 0 Å². The maximum Gasteiger partial charge on any atom is 0.253 e. The minimum Gasteiger partial charge on any atom is -0.361 e. The number of benzene rings is 1. The number of para-hydroxylation sites is 1. The lowest BCUT2D eigenvalue weighted by Crippen LogP contribution is -1.97. The maximum absolute atomic E-state index is 4.53. The predicted octanol–water partition coefficient (Wildman–Crippen LogP) is 3.56. The van der Waals surface area contributed by atoms with Crippen molar-refractivity contribution < 1.29 is 0 Å². The number of hydrogen-bond donors (Lipinski definition) is 1. The van der Waals surface area contributed by atoms with Crippen LogP contribution in [-0.2, 0) is 6.42 Å². The molecule has 1 aromatic carbocycles. The number of nitrogens with one attached hydrogen (secondary N) is 1. The molecule has 0 atom stereocenters. The van der Waals surface area contributed by atoms with Crippen molar-refractivity contribution in [1.82, 2.24) is 24.6 Å². The van der Waals surface area contributed by atoms with Gasteiger partial charge in [0.05, 0.1) is 0 Å². The second kappa shape index (κ2) is 5.70. The third kappa shape index (κ3) is 2.70. The molecule has 6 heteroatoms. The lowest BCUT2D eigenvalue weighted by Gasteiger charge is -1.98. The largest absolute Gasteiger partial charge is 0.361 e. The second-order valence-corrected chi connectivity index (χ2v) is 6.67. The highest BCUT2D eigenvalue weighted by molar-refractivity contribution is 7.99. The summed E-state index contributed by atoms with van der Waals surface area (Å²) in [4.78, 5) is 12.3. The first kappa shape index (κ1) is 14.3. The molecule has 0 spiro atoms. The first-order chi connectivity index (χ1) is 11.2. The van der Waals surface area contributed by atoms with Crippen LogP contribution >= 0.6 is 11.8 Å². The number of thioether (sulfide) groups is 1. The average Bonchev–Trinajstić information content (AvgIpc) is 3.12. The summed E-state index contributed by atoms with van der Waals surface area (Å²) >= 11 is 1.67. The Morgan fingerprint density at radius 2 is 2.04 bits per heavy atom. The fourth-order valence-electron chi connectivity index (χ4n) is 2.80. The van der Waals surface area contributed by atoms with Crippen molar-refractivity contribution >= 4 is 28.4 Å². The molecule has 0 unspecified atom stereocenters. The van der Waals surface area contributed by atoms with Gasteiger partial charge in [-0.05, 0) is 38.0 Å². The van der Waals surface area contributed by atoms with Gasteiger partial charge in [0.2, 0.25) is 5.16 Å². The molecule has 0 saturated carbocycles. The summed E-state index contributed by atoms with van der Waals surface area (Å²) in [7, 11) is 0. The number of fused-ring (bicyclic) bond motifs is 2. The van der Waals surface area contributed by atoms with E-state index in [1.54, 1.807) is 16.3 Å². The molecule has 23 heavy (non-hydrogen) atoms. The Morgan fingerprint density at radius 3 is 2.96 bits per heavy atom. The van der Waals surface area contributed by atoms with Crippen molar-refractivity contribution in [2.24, 2.45) is 0 Å². The van der Waals surface area contributed by atoms with Gasteiger partial charge in [0.25, 0.3) is 5.78 Å². The Labute approximate surface area is 138 Å². The van der Waals surface area contributed by atoms with Crippen LogP contribution in [0.2, 0.25) is 0 Å². The van der Waals surface area contributed by atoms with Crippen LogP contribution in [0.15, 0.2) is 41.7 Å². The summed E-state index contributed by atoms with van der Waals surface area (Å²) in [5, 5.41) is 6.61. The zero-order chi connectivity index (χ0) is 15.8. The minimum atomic E-state index is 0.678. The number of hydrogen-bond acceptors (Lipinski definition) is 4. The monoisotopic (exact) mass is 323 g/mol. The van der Waals surface area contributed by atoms with Crippen LogP contribution in [0.1, 0.15) is 17.0 Å². The first-order valence-electron chi connectivity index (χ1n) is 7.59. The van der Waals surface area contributed by atoms with E-state index < -0.39 is 0 Å². The maximum atomic E-state index is 4.53. The molecule has 0 amide bonds. The molecule has 116 valence electrons. The van der Waals surface area contributed by atoms with Crippen molar-refractivity contribution in [2.45, 2.75) is 25.4 Å². The van der Waals surface area contributed by atoms with E-state index in [2.05, 4.69) is 50.5 Å². The van der Waals surface area contributed by atoms with Crippen molar-refractivity contribution in [3.05, 3.63) is 53.5 Å². The standard InChI is InChI=1S/C17H17N5S/c1-11-9-12(2)22-16(19-11)20-17(21-22)23-8-7-13-10-18-15-6-4-3-5-14(13)15/h3-6,9-10,18H,7-8H2,1-2H3. The van der Waals surface area contributed by atoms with Gasteiger partial charge in [-0.1, -0.05) is 30.0 Å². The summed E-state index contributed by atoms with van der Waals surface area (Å²) in [5.41, 5.74) is 4.55. The van der Waals surface area contributed by atoms with E-state index in [-0.39, 0.29) is 0 Å². The lowest BCUT2D eigenvalue weighted by atomic mass is 10.1. The Kier molecular flexibility index (Phi) is 3.53. The molecule has 0 radical (unpaired) electrons. The molecule has 4 aromatic rings. The Morgan fingerprint density at radius 1 is 1.17 bits per heavy atom. The zero-order valence-electron chi connectivity index (χ0n) is 13.1. The number of rotatable bonds is 4. The normalized spacial score (nSPS) is 11.6. The molecule has 3 aromatic heterocycles. The van der Waals surface area contributed by atoms with Crippen molar-refractivity contribution in [3.8, 4) is 0 Å². The molecule has 3 heterocycles. The molecule has 0 aliphatic carbocycles. The van der Waals surface area contributed by atoms with Gasteiger partial charge in [-0.2, -0.15) is 4.98 Å². The molecule has 0 aliphatic heterocycles. The number of nitrogens with zero attached hydrogens (tertiary/aromatic N) is 4.